The molecule has 0 unspecified atom stereocenters. The van der Waals surface area contributed by atoms with Gasteiger partial charge in [-0.2, -0.15) is 0 Å². The Morgan fingerprint density at radius 3 is 1.94 bits per heavy atom. The third kappa shape index (κ3) is 4.68. The molecule has 35 heavy (non-hydrogen) atoms. The lowest BCUT2D eigenvalue weighted by molar-refractivity contribution is -0.117. The summed E-state index contributed by atoms with van der Waals surface area (Å²) in [5, 5.41) is 0. The van der Waals surface area contributed by atoms with Crippen molar-refractivity contribution in [1.29, 1.82) is 0 Å². The number of likely N-dealkylation sites (N-methyl/N-ethyl adjacent to an activating group) is 1. The van der Waals surface area contributed by atoms with E-state index in [0.29, 0.717) is 5.56 Å². The molecule has 0 spiro atoms. The second-order valence-electron chi connectivity index (χ2n) is 8.87. The van der Waals surface area contributed by atoms with Crippen LogP contribution in [-0.4, -0.2) is 37.0 Å². The molecule has 0 N–H and O–H groups in total. The zero-order chi connectivity index (χ0) is 25.2. The fourth-order valence-electron chi connectivity index (χ4n) is 4.28. The monoisotopic (exact) mass is 467 g/mol. The number of hydrogen-bond acceptors (Lipinski definition) is 6. The van der Waals surface area contributed by atoms with E-state index in [-0.39, 0.29) is 22.3 Å². The summed E-state index contributed by atoms with van der Waals surface area (Å²) in [7, 11) is 1.91. The first kappa shape index (κ1) is 23.8. The highest BCUT2D eigenvalue weighted by Crippen LogP contribution is 2.46. The molecule has 0 fully saturated rings. The van der Waals surface area contributed by atoms with Crippen LogP contribution < -0.4 is 4.90 Å². The minimum Gasteiger partial charge on any atom is -0.454 e. The molecule has 0 aromatic heterocycles. The number of anilines is 1. The van der Waals surface area contributed by atoms with Crippen LogP contribution in [0.1, 0.15) is 50.5 Å². The molecule has 6 nitrogen and oxygen atoms in total. The van der Waals surface area contributed by atoms with E-state index in [2.05, 4.69) is 0 Å². The molecule has 3 aromatic carbocycles. The molecule has 3 aromatic rings. The van der Waals surface area contributed by atoms with E-state index in [4.69, 9.17) is 4.74 Å². The topological polar surface area (TPSA) is 80.8 Å². The third-order valence-electron chi connectivity index (χ3n) is 6.21. The summed E-state index contributed by atoms with van der Waals surface area (Å²) in [6.07, 6.45) is 1.52. The van der Waals surface area contributed by atoms with Gasteiger partial charge in [-0.1, -0.05) is 74.5 Å². The van der Waals surface area contributed by atoms with E-state index in [1.54, 1.807) is 30.3 Å². The van der Waals surface area contributed by atoms with Gasteiger partial charge in [0.2, 0.25) is 11.6 Å². The first-order valence-corrected chi connectivity index (χ1v) is 11.2. The maximum atomic E-state index is 12.6. The van der Waals surface area contributed by atoms with Crippen molar-refractivity contribution in [2.75, 3.05) is 18.6 Å². The van der Waals surface area contributed by atoms with Gasteiger partial charge in [0, 0.05) is 41.1 Å². The van der Waals surface area contributed by atoms with Crippen molar-refractivity contribution in [3.63, 3.8) is 0 Å². The molecule has 176 valence electrons. The number of Topliss-reactive ketones (excluding diaryl/α,β-unsaturated/α-hetero) is 2. The third-order valence-corrected chi connectivity index (χ3v) is 6.21. The number of benzene rings is 3. The van der Waals surface area contributed by atoms with Crippen LogP contribution in [0.3, 0.4) is 0 Å². The summed E-state index contributed by atoms with van der Waals surface area (Å²) < 4.78 is 5.19. The van der Waals surface area contributed by atoms with Gasteiger partial charge in [-0.3, -0.25) is 14.4 Å². The van der Waals surface area contributed by atoms with Crippen molar-refractivity contribution in [3.05, 3.63) is 113 Å². The smallest absolute Gasteiger partial charge is 0.338 e. The predicted octanol–water partition coefficient (Wildman–Crippen LogP) is 4.79. The standard InChI is InChI=1S/C29H25NO5/c1-29(2)23-11-7-8-12-24(23)30(3)25(29)17-22(31)18-35-28(34)21-15-13-20(14-16-21)27(33)26(32)19-9-5-4-6-10-19/h4-17H,18H2,1-3H3. The van der Waals surface area contributed by atoms with Crippen LogP contribution in [0.15, 0.2) is 90.6 Å². The van der Waals surface area contributed by atoms with Crippen molar-refractivity contribution in [3.8, 4) is 0 Å². The van der Waals surface area contributed by atoms with Gasteiger partial charge in [0.15, 0.2) is 12.4 Å². The van der Waals surface area contributed by atoms with Crippen molar-refractivity contribution in [1.82, 2.24) is 0 Å². The van der Waals surface area contributed by atoms with Crippen LogP contribution in [0.4, 0.5) is 5.69 Å². The molecule has 1 heterocycles. The number of fused-ring (bicyclic) bond motifs is 1. The second kappa shape index (κ2) is 9.50. The summed E-state index contributed by atoms with van der Waals surface area (Å²) in [5.74, 6) is -2.31. The molecule has 0 atom stereocenters. The second-order valence-corrected chi connectivity index (χ2v) is 8.87. The Morgan fingerprint density at radius 1 is 0.771 bits per heavy atom. The SMILES string of the molecule is CN1C(=CC(=O)COC(=O)c2ccc(C(=O)C(=O)c3ccccc3)cc2)C(C)(C)c2ccccc21. The maximum absolute atomic E-state index is 12.6. The molecule has 0 saturated carbocycles. The molecular formula is C29H25NO5. The Labute approximate surface area is 203 Å². The molecule has 0 bridgehead atoms. The highest BCUT2D eigenvalue weighted by atomic mass is 16.5. The van der Waals surface area contributed by atoms with E-state index in [1.165, 1.54) is 30.3 Å². The summed E-state index contributed by atoms with van der Waals surface area (Å²) in [4.78, 5) is 51.8. The highest BCUT2D eigenvalue weighted by molar-refractivity contribution is 6.49. The van der Waals surface area contributed by atoms with Gasteiger partial charge >= 0.3 is 5.97 Å². The van der Waals surface area contributed by atoms with Crippen LogP contribution in [0, 0.1) is 0 Å². The fraction of sp³-hybridized carbons (Fsp3) is 0.172. The van der Waals surface area contributed by atoms with Crippen LogP contribution in [0.2, 0.25) is 0 Å². The average molecular weight is 468 g/mol. The van der Waals surface area contributed by atoms with Gasteiger partial charge in [0.1, 0.15) is 0 Å². The Balaban J connectivity index is 1.39. The van der Waals surface area contributed by atoms with E-state index in [0.717, 1.165) is 16.9 Å². The number of hydrogen-bond donors (Lipinski definition) is 0. The normalized spacial score (nSPS) is 14.9. The number of rotatable bonds is 7. The van der Waals surface area contributed by atoms with E-state index in [1.807, 2.05) is 50.1 Å². The largest absolute Gasteiger partial charge is 0.454 e. The Hall–Kier alpha value is -4.32. The van der Waals surface area contributed by atoms with Gasteiger partial charge in [0.25, 0.3) is 0 Å². The quantitative estimate of drug-likeness (QED) is 0.215. The molecule has 0 aliphatic carbocycles. The van der Waals surface area contributed by atoms with Gasteiger partial charge in [-0.25, -0.2) is 4.79 Å². The summed E-state index contributed by atoms with van der Waals surface area (Å²) >= 11 is 0. The first-order valence-electron chi connectivity index (χ1n) is 11.2. The number of esters is 1. The van der Waals surface area contributed by atoms with E-state index in [9.17, 15) is 19.2 Å². The number of ketones is 3. The molecule has 1 aliphatic rings. The number of carbonyl (C=O) groups excluding carboxylic acids is 4. The van der Waals surface area contributed by atoms with Crippen molar-refractivity contribution >= 4 is 29.0 Å². The lowest BCUT2D eigenvalue weighted by Crippen LogP contribution is -2.25. The average Bonchev–Trinajstić information content (AvgIpc) is 3.07. The number of allylic oxidation sites excluding steroid dienone is 1. The zero-order valence-corrected chi connectivity index (χ0v) is 19.8. The Bertz CT molecular complexity index is 1340. The fourth-order valence-corrected chi connectivity index (χ4v) is 4.28. The summed E-state index contributed by atoms with van der Waals surface area (Å²) in [6, 6.07) is 21.8. The summed E-state index contributed by atoms with van der Waals surface area (Å²) in [6.45, 7) is 3.69. The van der Waals surface area contributed by atoms with Gasteiger partial charge in [-0.15, -0.1) is 0 Å². The van der Waals surface area contributed by atoms with Crippen LogP contribution >= 0.6 is 0 Å². The van der Waals surface area contributed by atoms with Gasteiger partial charge in [0.05, 0.1) is 5.56 Å². The van der Waals surface area contributed by atoms with E-state index < -0.39 is 24.1 Å². The molecule has 6 heteroatoms. The molecule has 0 amide bonds. The van der Waals surface area contributed by atoms with Crippen LogP contribution in [0.5, 0.6) is 0 Å². The summed E-state index contributed by atoms with van der Waals surface area (Å²) in [5.41, 5.74) is 3.28. The zero-order valence-electron chi connectivity index (χ0n) is 19.8. The van der Waals surface area contributed by atoms with E-state index >= 15 is 0 Å². The van der Waals surface area contributed by atoms with Crippen molar-refractivity contribution in [2.45, 2.75) is 19.3 Å². The maximum Gasteiger partial charge on any atom is 0.338 e. The van der Waals surface area contributed by atoms with Crippen LogP contribution in [-0.2, 0) is 14.9 Å². The Kier molecular flexibility index (Phi) is 6.47. The van der Waals surface area contributed by atoms with Crippen LogP contribution in [0.25, 0.3) is 0 Å². The predicted molar refractivity (Wildman–Crippen MR) is 133 cm³/mol. The Morgan fingerprint density at radius 2 is 1.31 bits per heavy atom. The first-order chi connectivity index (χ1) is 16.7. The molecule has 0 radical (unpaired) electrons. The van der Waals surface area contributed by atoms with Crippen molar-refractivity contribution < 1.29 is 23.9 Å². The number of para-hydroxylation sites is 1. The molecule has 4 rings (SSSR count). The highest BCUT2D eigenvalue weighted by Gasteiger charge is 2.38. The lowest BCUT2D eigenvalue weighted by Gasteiger charge is -2.23. The van der Waals surface area contributed by atoms with Gasteiger partial charge in [-0.05, 0) is 23.8 Å². The molecular weight excluding hydrogens is 442 g/mol. The van der Waals surface area contributed by atoms with Gasteiger partial charge < -0.3 is 9.64 Å². The minimum absolute atomic E-state index is 0.169. The molecule has 1 aliphatic heterocycles. The minimum atomic E-state index is -0.688. The number of nitrogens with zero attached hydrogens (tertiary/aromatic N) is 1. The molecule has 0 saturated heterocycles. The van der Waals surface area contributed by atoms with Crippen molar-refractivity contribution in [2.24, 2.45) is 0 Å². The lowest BCUT2D eigenvalue weighted by atomic mass is 9.83. The number of carbonyl (C=O) groups is 4. The number of ether oxygens (including phenoxy) is 1.